The summed E-state index contributed by atoms with van der Waals surface area (Å²) in [5.41, 5.74) is 1.14. The van der Waals surface area contributed by atoms with Gasteiger partial charge in [-0.05, 0) is 48.7 Å². The monoisotopic (exact) mass is 448 g/mol. The minimum atomic E-state index is -3.86. The van der Waals surface area contributed by atoms with Crippen LogP contribution in [-0.2, 0) is 21.4 Å². The Hall–Kier alpha value is -2.89. The number of carbonyl (C=O) groups excluding carboxylic acids is 1. The molecule has 11 heteroatoms. The van der Waals surface area contributed by atoms with Crippen molar-refractivity contribution in [1.29, 1.82) is 0 Å². The molecular formula is C19H20N4O5S2. The molecule has 0 bridgehead atoms. The van der Waals surface area contributed by atoms with Crippen LogP contribution >= 0.6 is 11.8 Å². The molecule has 1 amide bonds. The number of rotatable bonds is 8. The molecule has 0 unspecified atom stereocenters. The molecular weight excluding hydrogens is 428 g/mol. The smallest absolute Gasteiger partial charge is 0.242 e. The molecule has 0 fully saturated rings. The molecule has 0 aliphatic carbocycles. The molecule has 0 atom stereocenters. The lowest BCUT2D eigenvalue weighted by Crippen LogP contribution is -2.23. The Morgan fingerprint density at radius 2 is 1.93 bits per heavy atom. The second-order valence-corrected chi connectivity index (χ2v) is 8.72. The number of benzene rings is 2. The van der Waals surface area contributed by atoms with E-state index < -0.39 is 10.0 Å². The van der Waals surface area contributed by atoms with E-state index in [1.165, 1.54) is 30.8 Å². The van der Waals surface area contributed by atoms with Crippen molar-refractivity contribution in [2.24, 2.45) is 0 Å². The van der Waals surface area contributed by atoms with Crippen molar-refractivity contribution in [2.75, 3.05) is 18.7 Å². The lowest BCUT2D eigenvalue weighted by molar-refractivity contribution is -0.114. The zero-order chi connectivity index (χ0) is 21.7. The Morgan fingerprint density at radius 1 is 1.20 bits per heavy atom. The maximum absolute atomic E-state index is 12.7. The molecule has 1 aromatic heterocycles. The van der Waals surface area contributed by atoms with Crippen molar-refractivity contribution in [1.82, 2.24) is 14.9 Å². The van der Waals surface area contributed by atoms with Gasteiger partial charge in [-0.3, -0.25) is 4.79 Å². The highest BCUT2D eigenvalue weighted by Crippen LogP contribution is 2.28. The molecule has 0 aliphatic rings. The van der Waals surface area contributed by atoms with E-state index in [-0.39, 0.29) is 23.2 Å². The number of amides is 1. The minimum Gasteiger partial charge on any atom is -0.497 e. The van der Waals surface area contributed by atoms with Crippen molar-refractivity contribution in [2.45, 2.75) is 23.3 Å². The van der Waals surface area contributed by atoms with Crippen molar-refractivity contribution in [3.63, 3.8) is 0 Å². The summed E-state index contributed by atoms with van der Waals surface area (Å²) < 4.78 is 38.0. The fourth-order valence-corrected chi connectivity index (χ4v) is 4.10. The number of methoxy groups -OCH3 is 1. The third-order valence-corrected chi connectivity index (χ3v) is 6.22. The summed E-state index contributed by atoms with van der Waals surface area (Å²) in [5, 5.41) is 6.51. The number of ether oxygens (including phenoxy) is 1. The summed E-state index contributed by atoms with van der Waals surface area (Å²) in [7, 11) is -2.29. The van der Waals surface area contributed by atoms with Gasteiger partial charge in [-0.1, -0.05) is 5.16 Å². The van der Waals surface area contributed by atoms with E-state index in [9.17, 15) is 13.2 Å². The average Bonchev–Trinajstić information content (AvgIpc) is 3.21. The SMILES string of the molecule is COc1ccc(-c2noc(CNS(=O)(=O)c3ccc(SC)c(NC(C)=O)c3)n2)cc1. The summed E-state index contributed by atoms with van der Waals surface area (Å²) in [6, 6.07) is 11.6. The van der Waals surface area contributed by atoms with E-state index in [2.05, 4.69) is 20.2 Å². The van der Waals surface area contributed by atoms with Crippen LogP contribution in [0.3, 0.4) is 0 Å². The molecule has 0 radical (unpaired) electrons. The van der Waals surface area contributed by atoms with Crippen LogP contribution < -0.4 is 14.8 Å². The van der Waals surface area contributed by atoms with Gasteiger partial charge >= 0.3 is 0 Å². The summed E-state index contributed by atoms with van der Waals surface area (Å²) in [6.45, 7) is 1.19. The maximum atomic E-state index is 12.7. The number of sulfonamides is 1. The van der Waals surface area contributed by atoms with Gasteiger partial charge < -0.3 is 14.6 Å². The molecule has 3 aromatic rings. The topological polar surface area (TPSA) is 123 Å². The maximum Gasteiger partial charge on any atom is 0.242 e. The van der Waals surface area contributed by atoms with Gasteiger partial charge in [-0.25, -0.2) is 13.1 Å². The van der Waals surface area contributed by atoms with E-state index >= 15 is 0 Å². The average molecular weight is 449 g/mol. The molecule has 3 rings (SSSR count). The summed E-state index contributed by atoms with van der Waals surface area (Å²) in [5.74, 6) is 0.863. The van der Waals surface area contributed by atoms with Crippen molar-refractivity contribution in [3.8, 4) is 17.1 Å². The Labute approximate surface area is 178 Å². The number of nitrogens with one attached hydrogen (secondary N) is 2. The van der Waals surface area contributed by atoms with Crippen LogP contribution in [0.5, 0.6) is 5.75 Å². The molecule has 30 heavy (non-hydrogen) atoms. The standard InChI is InChI=1S/C19H20N4O5S2/c1-12(24)21-16-10-15(8-9-17(16)29-3)30(25,26)20-11-18-22-19(23-28-18)13-4-6-14(27-2)7-5-13/h4-10,20H,11H2,1-3H3,(H,21,24). The number of hydrogen-bond acceptors (Lipinski definition) is 8. The zero-order valence-electron chi connectivity index (χ0n) is 16.5. The minimum absolute atomic E-state index is 0.0129. The van der Waals surface area contributed by atoms with Crippen LogP contribution in [0.2, 0.25) is 0 Å². The van der Waals surface area contributed by atoms with Gasteiger partial charge in [0.05, 0.1) is 24.2 Å². The molecule has 2 aromatic carbocycles. The van der Waals surface area contributed by atoms with Gasteiger partial charge in [0, 0.05) is 17.4 Å². The second-order valence-electron chi connectivity index (χ2n) is 6.11. The first-order valence-corrected chi connectivity index (χ1v) is 11.5. The molecule has 9 nitrogen and oxygen atoms in total. The number of nitrogens with zero attached hydrogens (tertiary/aromatic N) is 2. The highest BCUT2D eigenvalue weighted by Gasteiger charge is 2.18. The zero-order valence-corrected chi connectivity index (χ0v) is 18.1. The Morgan fingerprint density at radius 3 is 2.57 bits per heavy atom. The number of carbonyl (C=O) groups is 1. The third kappa shape index (κ3) is 5.17. The van der Waals surface area contributed by atoms with E-state index in [1.807, 2.05) is 6.26 Å². The van der Waals surface area contributed by atoms with Crippen molar-refractivity contribution in [3.05, 3.63) is 48.4 Å². The first kappa shape index (κ1) is 21.8. The van der Waals surface area contributed by atoms with Crippen LogP contribution in [0.4, 0.5) is 5.69 Å². The van der Waals surface area contributed by atoms with Crippen molar-refractivity contribution < 1.29 is 22.5 Å². The van der Waals surface area contributed by atoms with E-state index in [0.29, 0.717) is 22.8 Å². The predicted octanol–water partition coefficient (Wildman–Crippen LogP) is 2.90. The molecule has 158 valence electrons. The number of anilines is 1. The lowest BCUT2D eigenvalue weighted by atomic mass is 10.2. The number of hydrogen-bond donors (Lipinski definition) is 2. The fraction of sp³-hybridized carbons (Fsp3) is 0.211. The second kappa shape index (κ2) is 9.28. The summed E-state index contributed by atoms with van der Waals surface area (Å²) >= 11 is 1.40. The molecule has 1 heterocycles. The number of thioether (sulfide) groups is 1. The van der Waals surface area contributed by atoms with Gasteiger partial charge in [0.25, 0.3) is 0 Å². The van der Waals surface area contributed by atoms with Gasteiger partial charge in [0.2, 0.25) is 27.6 Å². The van der Waals surface area contributed by atoms with E-state index in [4.69, 9.17) is 9.26 Å². The molecule has 0 spiro atoms. The third-order valence-electron chi connectivity index (χ3n) is 4.02. The van der Waals surface area contributed by atoms with Gasteiger partial charge in [0.1, 0.15) is 5.75 Å². The van der Waals surface area contributed by atoms with Gasteiger partial charge in [-0.2, -0.15) is 4.98 Å². The quantitative estimate of drug-likeness (QED) is 0.504. The highest BCUT2D eigenvalue weighted by atomic mass is 32.2. The Bertz CT molecular complexity index is 1140. The normalized spacial score (nSPS) is 11.3. The van der Waals surface area contributed by atoms with Crippen LogP contribution in [0.25, 0.3) is 11.4 Å². The van der Waals surface area contributed by atoms with E-state index in [0.717, 1.165) is 4.90 Å². The van der Waals surface area contributed by atoms with Gasteiger partial charge in [0.15, 0.2) is 0 Å². The van der Waals surface area contributed by atoms with Crippen LogP contribution in [0.15, 0.2) is 56.8 Å². The predicted molar refractivity (Wildman–Crippen MR) is 113 cm³/mol. The number of aromatic nitrogens is 2. The lowest BCUT2D eigenvalue weighted by Gasteiger charge is -2.11. The molecule has 0 aliphatic heterocycles. The molecule has 2 N–H and O–H groups in total. The van der Waals surface area contributed by atoms with Crippen LogP contribution in [0.1, 0.15) is 12.8 Å². The fourth-order valence-electron chi connectivity index (χ4n) is 2.57. The van der Waals surface area contributed by atoms with E-state index in [1.54, 1.807) is 37.4 Å². The highest BCUT2D eigenvalue weighted by molar-refractivity contribution is 7.98. The van der Waals surface area contributed by atoms with Crippen molar-refractivity contribution >= 4 is 33.4 Å². The Kier molecular flexibility index (Phi) is 6.75. The van der Waals surface area contributed by atoms with Crippen LogP contribution in [0, 0.1) is 0 Å². The molecule has 0 saturated heterocycles. The molecule has 0 saturated carbocycles. The largest absolute Gasteiger partial charge is 0.497 e. The Balaban J connectivity index is 1.73. The summed E-state index contributed by atoms with van der Waals surface area (Å²) in [4.78, 5) is 16.4. The first-order valence-electron chi connectivity index (χ1n) is 8.74. The summed E-state index contributed by atoms with van der Waals surface area (Å²) in [6.07, 6.45) is 1.84. The van der Waals surface area contributed by atoms with Crippen LogP contribution in [-0.4, -0.2) is 37.8 Å². The van der Waals surface area contributed by atoms with Gasteiger partial charge in [-0.15, -0.1) is 11.8 Å². The first-order chi connectivity index (χ1) is 14.3.